The van der Waals surface area contributed by atoms with Gasteiger partial charge in [0.1, 0.15) is 11.4 Å². The summed E-state index contributed by atoms with van der Waals surface area (Å²) in [6, 6.07) is 3.52. The van der Waals surface area contributed by atoms with E-state index in [1.807, 2.05) is 0 Å². The van der Waals surface area contributed by atoms with Crippen molar-refractivity contribution in [2.45, 2.75) is 44.8 Å². The maximum Gasteiger partial charge on any atom is 0.312 e. The number of rotatable bonds is 4. The van der Waals surface area contributed by atoms with Crippen LogP contribution >= 0.6 is 11.8 Å². The number of non-ortho nitro benzene ring substituents is 1. The molecule has 2 aliphatic heterocycles. The number of nitro benzene ring substituents is 1. The highest BCUT2D eigenvalue weighted by Gasteiger charge is 2.47. The molecule has 0 aliphatic carbocycles. The lowest BCUT2D eigenvalue weighted by molar-refractivity contribution is -0.385. The van der Waals surface area contributed by atoms with Gasteiger partial charge in [-0.3, -0.25) is 19.9 Å². The molecule has 0 saturated carbocycles. The van der Waals surface area contributed by atoms with Crippen molar-refractivity contribution in [2.24, 2.45) is 10.9 Å². The second-order valence-electron chi connectivity index (χ2n) is 7.95. The number of benzene rings is 1. The minimum atomic E-state index is -0.975. The van der Waals surface area contributed by atoms with E-state index in [9.17, 15) is 19.3 Å². The van der Waals surface area contributed by atoms with Crippen molar-refractivity contribution in [3.05, 3.63) is 39.7 Å². The number of ether oxygens (including phenoxy) is 2. The zero-order chi connectivity index (χ0) is 20.5. The molecule has 1 aromatic carbocycles. The molecule has 1 fully saturated rings. The number of esters is 1. The number of thioether (sulfide) groups is 1. The highest BCUT2D eigenvalue weighted by molar-refractivity contribution is 8.14. The number of fused-ring (bicyclic) bond motifs is 1. The van der Waals surface area contributed by atoms with Crippen LogP contribution in [0, 0.1) is 21.8 Å². The van der Waals surface area contributed by atoms with Gasteiger partial charge in [0.05, 0.1) is 28.5 Å². The lowest BCUT2D eigenvalue weighted by Crippen LogP contribution is -2.46. The first-order valence-corrected chi connectivity index (χ1v) is 10.0. The summed E-state index contributed by atoms with van der Waals surface area (Å²) < 4.78 is 25.7. The molecule has 9 heteroatoms. The molecule has 28 heavy (non-hydrogen) atoms. The van der Waals surface area contributed by atoms with Gasteiger partial charge in [-0.05, 0) is 26.8 Å². The van der Waals surface area contributed by atoms with E-state index in [-0.39, 0.29) is 23.6 Å². The fourth-order valence-corrected chi connectivity index (χ4v) is 4.76. The summed E-state index contributed by atoms with van der Waals surface area (Å²) in [4.78, 5) is 27.7. The molecule has 0 spiro atoms. The van der Waals surface area contributed by atoms with Crippen molar-refractivity contribution in [2.75, 3.05) is 19.0 Å². The van der Waals surface area contributed by atoms with Crippen LogP contribution in [-0.2, 0) is 19.8 Å². The molecule has 0 bridgehead atoms. The van der Waals surface area contributed by atoms with Crippen LogP contribution in [0.3, 0.4) is 0 Å². The fourth-order valence-electron chi connectivity index (χ4n) is 3.55. The molecule has 1 saturated heterocycles. The third kappa shape index (κ3) is 4.35. The highest BCUT2D eigenvalue weighted by Crippen LogP contribution is 2.47. The van der Waals surface area contributed by atoms with Crippen LogP contribution in [0.5, 0.6) is 0 Å². The van der Waals surface area contributed by atoms with Crippen LogP contribution in [-0.4, -0.2) is 40.5 Å². The van der Waals surface area contributed by atoms with Crippen LogP contribution in [0.2, 0.25) is 0 Å². The van der Waals surface area contributed by atoms with E-state index >= 15 is 0 Å². The second-order valence-corrected chi connectivity index (χ2v) is 9.04. The van der Waals surface area contributed by atoms with Gasteiger partial charge in [-0.15, -0.1) is 11.8 Å². The Labute approximate surface area is 166 Å². The number of hydrogen-bond donors (Lipinski definition) is 0. The molecule has 2 aliphatic rings. The Morgan fingerprint density at radius 2 is 2.25 bits per heavy atom. The van der Waals surface area contributed by atoms with Gasteiger partial charge in [0.2, 0.25) is 0 Å². The Bertz CT molecular complexity index is 823. The van der Waals surface area contributed by atoms with E-state index in [1.165, 1.54) is 17.8 Å². The summed E-state index contributed by atoms with van der Waals surface area (Å²) >= 11 is 1.43. The SMILES string of the molecule is CC(C)(C)OC(=O)CC1=N[C@@]2(c3cc([N+](=O)[O-])ccc3F)CCOC[C@H]2CS1. The van der Waals surface area contributed by atoms with Gasteiger partial charge >= 0.3 is 5.97 Å². The van der Waals surface area contributed by atoms with E-state index in [4.69, 9.17) is 14.5 Å². The number of nitro groups is 1. The van der Waals surface area contributed by atoms with E-state index < -0.39 is 27.8 Å². The monoisotopic (exact) mass is 410 g/mol. The van der Waals surface area contributed by atoms with Crippen molar-refractivity contribution >= 4 is 28.5 Å². The van der Waals surface area contributed by atoms with Crippen LogP contribution in [0.15, 0.2) is 23.2 Å². The average molecular weight is 410 g/mol. The maximum atomic E-state index is 14.8. The minimum Gasteiger partial charge on any atom is -0.460 e. The smallest absolute Gasteiger partial charge is 0.312 e. The van der Waals surface area contributed by atoms with E-state index in [0.717, 1.165) is 12.1 Å². The maximum absolute atomic E-state index is 14.8. The van der Waals surface area contributed by atoms with Crippen molar-refractivity contribution in [1.29, 1.82) is 0 Å². The lowest BCUT2D eigenvalue weighted by Gasteiger charge is -2.44. The van der Waals surface area contributed by atoms with Crippen LogP contribution < -0.4 is 0 Å². The first-order valence-electron chi connectivity index (χ1n) is 9.06. The molecule has 0 radical (unpaired) electrons. The Kier molecular flexibility index (Phi) is 5.77. The summed E-state index contributed by atoms with van der Waals surface area (Å²) in [7, 11) is 0. The number of nitrogens with zero attached hydrogens (tertiary/aromatic N) is 2. The topological polar surface area (TPSA) is 91.0 Å². The predicted molar refractivity (Wildman–Crippen MR) is 104 cm³/mol. The van der Waals surface area contributed by atoms with Gasteiger partial charge in [-0.25, -0.2) is 4.39 Å². The summed E-state index contributed by atoms with van der Waals surface area (Å²) in [5.74, 6) is -0.488. The number of hydrogen-bond acceptors (Lipinski definition) is 7. The first kappa shape index (κ1) is 20.7. The summed E-state index contributed by atoms with van der Waals surface area (Å²) in [5.41, 5.74) is -1.57. The lowest BCUT2D eigenvalue weighted by atomic mass is 9.75. The molecule has 1 aromatic rings. The molecule has 0 unspecified atom stereocenters. The number of aliphatic imine (C=N–C) groups is 1. The van der Waals surface area contributed by atoms with E-state index in [2.05, 4.69) is 0 Å². The van der Waals surface area contributed by atoms with Crippen LogP contribution in [0.4, 0.5) is 10.1 Å². The normalized spacial score (nSPS) is 24.9. The summed E-state index contributed by atoms with van der Waals surface area (Å²) in [6.45, 7) is 6.12. The summed E-state index contributed by atoms with van der Waals surface area (Å²) in [5, 5.41) is 11.8. The van der Waals surface area contributed by atoms with E-state index in [1.54, 1.807) is 20.8 Å². The van der Waals surface area contributed by atoms with Gasteiger partial charge in [0.15, 0.2) is 0 Å². The molecule has 2 atom stereocenters. The van der Waals surface area contributed by atoms with Crippen molar-refractivity contribution in [3.63, 3.8) is 0 Å². The van der Waals surface area contributed by atoms with Gasteiger partial charge in [0.25, 0.3) is 5.69 Å². The zero-order valence-electron chi connectivity index (χ0n) is 16.1. The molecule has 3 rings (SSSR count). The molecular weight excluding hydrogens is 387 g/mol. The quantitative estimate of drug-likeness (QED) is 0.425. The Morgan fingerprint density at radius 3 is 2.93 bits per heavy atom. The standard InChI is InChI=1S/C19H23FN2O5S/c1-18(2,3)27-17(23)9-16-21-19(6-7-26-10-12(19)11-28-16)14-8-13(22(24)25)4-5-15(14)20/h4-5,8,12H,6-7,9-11H2,1-3H3/t12-,19-/m0/s1. The first-order chi connectivity index (χ1) is 13.1. The zero-order valence-corrected chi connectivity index (χ0v) is 16.9. The van der Waals surface area contributed by atoms with Crippen molar-refractivity contribution in [1.82, 2.24) is 0 Å². The minimum absolute atomic E-state index is 0.00614. The third-order valence-electron chi connectivity index (χ3n) is 4.74. The average Bonchev–Trinajstić information content (AvgIpc) is 2.59. The van der Waals surface area contributed by atoms with E-state index in [0.29, 0.717) is 30.4 Å². The van der Waals surface area contributed by atoms with Crippen molar-refractivity contribution < 1.29 is 23.6 Å². The Balaban J connectivity index is 2.00. The van der Waals surface area contributed by atoms with Gasteiger partial charge in [-0.2, -0.15) is 0 Å². The van der Waals surface area contributed by atoms with Crippen LogP contribution in [0.25, 0.3) is 0 Å². The molecule has 7 nitrogen and oxygen atoms in total. The molecule has 152 valence electrons. The Hall–Kier alpha value is -2.00. The second kappa shape index (κ2) is 7.79. The number of halogens is 1. The molecule has 0 aromatic heterocycles. The van der Waals surface area contributed by atoms with Crippen molar-refractivity contribution in [3.8, 4) is 0 Å². The van der Waals surface area contributed by atoms with Gasteiger partial charge < -0.3 is 9.47 Å². The number of carbonyl (C=O) groups excluding carboxylic acids is 1. The highest BCUT2D eigenvalue weighted by atomic mass is 32.2. The molecule has 2 heterocycles. The number of carbonyl (C=O) groups is 1. The van der Waals surface area contributed by atoms with Gasteiger partial charge in [0, 0.05) is 42.4 Å². The van der Waals surface area contributed by atoms with Crippen LogP contribution in [0.1, 0.15) is 39.2 Å². The van der Waals surface area contributed by atoms with Gasteiger partial charge in [-0.1, -0.05) is 0 Å². The molecule has 0 N–H and O–H groups in total. The molecule has 0 amide bonds. The fraction of sp³-hybridized carbons (Fsp3) is 0.579. The predicted octanol–water partition coefficient (Wildman–Crippen LogP) is 3.84. The molecular formula is C19H23FN2O5S. The summed E-state index contributed by atoms with van der Waals surface area (Å²) in [6.07, 6.45) is 0.391. The largest absolute Gasteiger partial charge is 0.460 e. The third-order valence-corrected chi connectivity index (χ3v) is 5.88. The Morgan fingerprint density at radius 1 is 1.50 bits per heavy atom.